The van der Waals surface area contributed by atoms with Gasteiger partial charge in [-0.2, -0.15) is 15.6 Å². The van der Waals surface area contributed by atoms with Gasteiger partial charge in [-0.1, -0.05) is 18.2 Å². The van der Waals surface area contributed by atoms with Crippen molar-refractivity contribution in [3.63, 3.8) is 0 Å². The number of H-pyrrole nitrogens is 1. The van der Waals surface area contributed by atoms with Gasteiger partial charge < -0.3 is 4.42 Å². The lowest BCUT2D eigenvalue weighted by Gasteiger charge is -1.92. The SMILES string of the molecule is N#Cc1n[nH]nc1-c1ccc(C=Cc2ccc(F)cc2)o1. The van der Waals surface area contributed by atoms with E-state index in [0.29, 0.717) is 17.2 Å². The molecular weight excluding hydrogens is 271 g/mol. The Morgan fingerprint density at radius 2 is 1.90 bits per heavy atom. The zero-order valence-corrected chi connectivity index (χ0v) is 10.7. The van der Waals surface area contributed by atoms with E-state index in [0.717, 1.165) is 5.56 Å². The maximum absolute atomic E-state index is 12.8. The summed E-state index contributed by atoms with van der Waals surface area (Å²) in [6.07, 6.45) is 3.55. The van der Waals surface area contributed by atoms with Gasteiger partial charge in [0.1, 0.15) is 17.6 Å². The quantitative estimate of drug-likeness (QED) is 0.798. The van der Waals surface area contributed by atoms with Gasteiger partial charge in [-0.25, -0.2) is 4.39 Å². The summed E-state index contributed by atoms with van der Waals surface area (Å²) in [5.74, 6) is 0.780. The third kappa shape index (κ3) is 2.72. The van der Waals surface area contributed by atoms with Crippen LogP contribution in [0.2, 0.25) is 0 Å². The van der Waals surface area contributed by atoms with E-state index in [4.69, 9.17) is 9.68 Å². The van der Waals surface area contributed by atoms with Crippen LogP contribution in [0.5, 0.6) is 0 Å². The molecule has 0 radical (unpaired) electrons. The Hall–Kier alpha value is -3.20. The number of nitriles is 1. The number of halogens is 1. The molecule has 0 atom stereocenters. The number of nitrogens with zero attached hydrogens (tertiary/aromatic N) is 3. The van der Waals surface area contributed by atoms with Gasteiger partial charge in [-0.15, -0.1) is 5.10 Å². The van der Waals surface area contributed by atoms with Crippen LogP contribution in [-0.2, 0) is 0 Å². The van der Waals surface area contributed by atoms with E-state index < -0.39 is 0 Å². The van der Waals surface area contributed by atoms with Crippen molar-refractivity contribution in [1.82, 2.24) is 15.4 Å². The Balaban J connectivity index is 1.82. The summed E-state index contributed by atoms with van der Waals surface area (Å²) in [6, 6.07) is 11.5. The van der Waals surface area contributed by atoms with Gasteiger partial charge in [-0.05, 0) is 35.9 Å². The molecule has 3 aromatic rings. The summed E-state index contributed by atoms with van der Waals surface area (Å²) in [5, 5.41) is 18.9. The molecule has 1 N–H and O–H groups in total. The number of furan rings is 1. The molecule has 0 spiro atoms. The van der Waals surface area contributed by atoms with Crippen LogP contribution in [0, 0.1) is 17.1 Å². The number of aromatic nitrogens is 3. The smallest absolute Gasteiger partial charge is 0.193 e. The molecule has 6 heteroatoms. The van der Waals surface area contributed by atoms with Crippen LogP contribution >= 0.6 is 0 Å². The molecular formula is C15H9FN4O. The zero-order valence-electron chi connectivity index (χ0n) is 10.7. The van der Waals surface area contributed by atoms with Crippen LogP contribution in [0.4, 0.5) is 4.39 Å². The van der Waals surface area contributed by atoms with Crippen molar-refractivity contribution in [3.05, 3.63) is 59.2 Å². The lowest BCUT2D eigenvalue weighted by Crippen LogP contribution is -1.78. The molecule has 102 valence electrons. The molecule has 0 aliphatic heterocycles. The molecule has 0 aliphatic carbocycles. The van der Waals surface area contributed by atoms with Crippen molar-refractivity contribution < 1.29 is 8.81 Å². The van der Waals surface area contributed by atoms with Gasteiger partial charge in [0, 0.05) is 0 Å². The fourth-order valence-corrected chi connectivity index (χ4v) is 1.80. The summed E-state index contributed by atoms with van der Waals surface area (Å²) in [4.78, 5) is 0. The summed E-state index contributed by atoms with van der Waals surface area (Å²) in [6.45, 7) is 0. The second-order valence-corrected chi connectivity index (χ2v) is 4.22. The molecule has 0 aliphatic rings. The molecule has 1 aromatic carbocycles. The fraction of sp³-hybridized carbons (Fsp3) is 0. The number of hydrogen-bond acceptors (Lipinski definition) is 4. The largest absolute Gasteiger partial charge is 0.455 e. The van der Waals surface area contributed by atoms with Crippen LogP contribution < -0.4 is 0 Å². The van der Waals surface area contributed by atoms with Crippen molar-refractivity contribution in [2.24, 2.45) is 0 Å². The molecule has 21 heavy (non-hydrogen) atoms. The van der Waals surface area contributed by atoms with Gasteiger partial charge in [0.05, 0.1) is 0 Å². The summed E-state index contributed by atoms with van der Waals surface area (Å²) in [5.41, 5.74) is 1.41. The topological polar surface area (TPSA) is 78.5 Å². The monoisotopic (exact) mass is 280 g/mol. The first-order chi connectivity index (χ1) is 10.3. The lowest BCUT2D eigenvalue weighted by molar-refractivity contribution is 0.569. The van der Waals surface area contributed by atoms with Crippen molar-refractivity contribution in [1.29, 1.82) is 5.26 Å². The highest BCUT2D eigenvalue weighted by atomic mass is 19.1. The van der Waals surface area contributed by atoms with Gasteiger partial charge in [-0.3, -0.25) is 0 Å². The van der Waals surface area contributed by atoms with Crippen LogP contribution in [-0.4, -0.2) is 15.4 Å². The minimum atomic E-state index is -0.275. The summed E-state index contributed by atoms with van der Waals surface area (Å²) < 4.78 is 18.4. The second-order valence-electron chi connectivity index (χ2n) is 4.22. The number of rotatable bonds is 3. The molecule has 0 amide bonds. The van der Waals surface area contributed by atoms with Crippen LogP contribution in [0.25, 0.3) is 23.6 Å². The maximum Gasteiger partial charge on any atom is 0.193 e. The van der Waals surface area contributed by atoms with Crippen LogP contribution in [0.3, 0.4) is 0 Å². The molecule has 0 fully saturated rings. The number of aromatic amines is 1. The Morgan fingerprint density at radius 1 is 1.10 bits per heavy atom. The maximum atomic E-state index is 12.8. The third-order valence-corrected chi connectivity index (χ3v) is 2.82. The Labute approximate surface area is 119 Å². The Morgan fingerprint density at radius 3 is 2.67 bits per heavy atom. The zero-order chi connectivity index (χ0) is 14.7. The van der Waals surface area contributed by atoms with Gasteiger partial charge in [0.15, 0.2) is 17.1 Å². The fourth-order valence-electron chi connectivity index (χ4n) is 1.80. The molecule has 2 aromatic heterocycles. The van der Waals surface area contributed by atoms with E-state index in [-0.39, 0.29) is 11.5 Å². The highest BCUT2D eigenvalue weighted by molar-refractivity contribution is 5.69. The first-order valence-corrected chi connectivity index (χ1v) is 6.11. The number of hydrogen-bond donors (Lipinski definition) is 1. The highest BCUT2D eigenvalue weighted by Crippen LogP contribution is 2.23. The number of nitrogens with one attached hydrogen (secondary N) is 1. The van der Waals surface area contributed by atoms with E-state index in [2.05, 4.69) is 15.4 Å². The molecule has 5 nitrogen and oxygen atoms in total. The average Bonchev–Trinajstić information content (AvgIpc) is 3.15. The van der Waals surface area contributed by atoms with E-state index in [1.165, 1.54) is 12.1 Å². The average molecular weight is 280 g/mol. The normalized spacial score (nSPS) is 10.9. The van der Waals surface area contributed by atoms with Gasteiger partial charge >= 0.3 is 0 Å². The standard InChI is InChI=1S/C15H9FN4O/c16-11-4-1-10(2-5-11)3-6-12-7-8-14(21-12)15-13(9-17)18-20-19-15/h1-8H,(H,18,19,20). The van der Waals surface area contributed by atoms with E-state index >= 15 is 0 Å². The predicted molar refractivity (Wildman–Crippen MR) is 74.1 cm³/mol. The van der Waals surface area contributed by atoms with E-state index in [9.17, 15) is 4.39 Å². The first kappa shape index (κ1) is 12.8. The van der Waals surface area contributed by atoms with Crippen LogP contribution in [0.15, 0.2) is 40.8 Å². The molecule has 0 saturated heterocycles. The van der Waals surface area contributed by atoms with Gasteiger partial charge in [0.2, 0.25) is 0 Å². The Bertz CT molecular complexity index is 824. The number of benzene rings is 1. The third-order valence-electron chi connectivity index (χ3n) is 2.82. The molecule has 2 heterocycles. The Kier molecular flexibility index (Phi) is 3.31. The molecule has 0 bridgehead atoms. The van der Waals surface area contributed by atoms with Crippen LogP contribution in [0.1, 0.15) is 17.0 Å². The summed E-state index contributed by atoms with van der Waals surface area (Å²) in [7, 11) is 0. The predicted octanol–water partition coefficient (Wildman–Crippen LogP) is 3.25. The molecule has 0 unspecified atom stereocenters. The minimum Gasteiger partial charge on any atom is -0.455 e. The highest BCUT2D eigenvalue weighted by Gasteiger charge is 2.13. The summed E-state index contributed by atoms with van der Waals surface area (Å²) >= 11 is 0. The van der Waals surface area contributed by atoms with Gasteiger partial charge in [0.25, 0.3) is 0 Å². The van der Waals surface area contributed by atoms with Crippen molar-refractivity contribution >= 4 is 12.2 Å². The van der Waals surface area contributed by atoms with Crippen molar-refractivity contribution in [3.8, 4) is 17.5 Å². The molecule has 3 rings (SSSR count). The second kappa shape index (κ2) is 5.43. The first-order valence-electron chi connectivity index (χ1n) is 6.11. The van der Waals surface area contributed by atoms with E-state index in [1.807, 2.05) is 6.07 Å². The van der Waals surface area contributed by atoms with E-state index in [1.54, 1.807) is 36.4 Å². The van der Waals surface area contributed by atoms with Crippen molar-refractivity contribution in [2.75, 3.05) is 0 Å². The molecule has 0 saturated carbocycles. The lowest BCUT2D eigenvalue weighted by atomic mass is 10.2. The minimum absolute atomic E-state index is 0.179. The van der Waals surface area contributed by atoms with Crippen molar-refractivity contribution in [2.45, 2.75) is 0 Å².